The van der Waals surface area contributed by atoms with E-state index in [0.717, 1.165) is 40.3 Å². The Labute approximate surface area is 248 Å². The number of nitrogens with one attached hydrogen (secondary N) is 1. The van der Waals surface area contributed by atoms with Crippen LogP contribution in [0.5, 0.6) is 0 Å². The van der Waals surface area contributed by atoms with Gasteiger partial charge in [-0.2, -0.15) is 23.5 Å². The van der Waals surface area contributed by atoms with Gasteiger partial charge < -0.3 is 15.2 Å². The summed E-state index contributed by atoms with van der Waals surface area (Å²) in [5, 5.41) is 12.4. The van der Waals surface area contributed by atoms with Crippen LogP contribution >= 0.6 is 23.5 Å². The van der Waals surface area contributed by atoms with Crippen molar-refractivity contribution in [1.82, 2.24) is 5.32 Å². The molecule has 0 saturated heterocycles. The third-order valence-corrected chi connectivity index (χ3v) is 8.49. The molecule has 0 aromatic heterocycles. The zero-order valence-electron chi connectivity index (χ0n) is 22.3. The van der Waals surface area contributed by atoms with Crippen LogP contribution in [0.3, 0.4) is 0 Å². The standard InChI is InChI=1S/C30H41NO4S2.Li.H/c1-21-9-7-8-12-25(21)27-18-23(19-35-24(20-37-3)17-22-10-5-4-6-11-22)13-14-26(27)29(32)31-28(30(33)34)15-16-36-2;;/h7-9,12-14,18,22,24,28H,4-6,10-11,15-17,19-20H2,1-3H3,(H,31,32)(H,33,34);;. The van der Waals surface area contributed by atoms with E-state index in [4.69, 9.17) is 4.74 Å². The summed E-state index contributed by atoms with van der Waals surface area (Å²) in [6.45, 7) is 2.52. The summed E-state index contributed by atoms with van der Waals surface area (Å²) < 4.78 is 6.43. The molecule has 1 saturated carbocycles. The summed E-state index contributed by atoms with van der Waals surface area (Å²) in [6, 6.07) is 12.8. The molecular formula is C30H42LiNO4S2. The van der Waals surface area contributed by atoms with Gasteiger partial charge in [-0.15, -0.1) is 0 Å². The molecule has 1 amide bonds. The Morgan fingerprint density at radius 3 is 2.45 bits per heavy atom. The van der Waals surface area contributed by atoms with Crippen molar-refractivity contribution in [2.45, 2.75) is 70.6 Å². The molecule has 3 rings (SSSR count). The minimum atomic E-state index is -1.01. The van der Waals surface area contributed by atoms with E-state index in [1.54, 1.807) is 11.8 Å². The number of rotatable bonds is 14. The van der Waals surface area contributed by atoms with Crippen LogP contribution < -0.4 is 5.32 Å². The van der Waals surface area contributed by atoms with E-state index in [1.807, 2.05) is 67.4 Å². The number of carbonyl (C=O) groups is 2. The Balaban J connectivity index is 0.00000507. The number of carbonyl (C=O) groups excluding carboxylic acids is 1. The molecule has 1 aliphatic carbocycles. The van der Waals surface area contributed by atoms with Crippen molar-refractivity contribution in [3.05, 3.63) is 59.2 Å². The minimum absolute atomic E-state index is 0. The summed E-state index contributed by atoms with van der Waals surface area (Å²) in [4.78, 5) is 25.0. The molecule has 2 aromatic rings. The molecule has 1 aliphatic rings. The van der Waals surface area contributed by atoms with Crippen LogP contribution in [0.15, 0.2) is 42.5 Å². The Kier molecular flexibility index (Phi) is 15.0. The average molecular weight is 552 g/mol. The van der Waals surface area contributed by atoms with Crippen LogP contribution in [-0.4, -0.2) is 72.0 Å². The third-order valence-electron chi connectivity index (χ3n) is 7.14. The van der Waals surface area contributed by atoms with Crippen LogP contribution in [-0.2, 0) is 16.1 Å². The summed E-state index contributed by atoms with van der Waals surface area (Å²) in [5.41, 5.74) is 4.33. The topological polar surface area (TPSA) is 75.6 Å². The van der Waals surface area contributed by atoms with Crippen molar-refractivity contribution in [2.75, 3.05) is 24.0 Å². The molecule has 8 heteroatoms. The van der Waals surface area contributed by atoms with Crippen molar-refractivity contribution >= 4 is 54.3 Å². The number of carboxylic acid groups (broad SMARTS) is 1. The molecule has 0 aliphatic heterocycles. The SMILES string of the molecule is CSCCC(NC(=O)c1ccc(COC(CSC)CC2CCCCC2)cc1-c1ccccc1C)C(=O)O.[LiH]. The number of benzene rings is 2. The second-order valence-corrected chi connectivity index (χ2v) is 11.9. The first-order valence-electron chi connectivity index (χ1n) is 13.2. The molecule has 2 unspecified atom stereocenters. The number of thioether (sulfide) groups is 2. The number of ether oxygens (including phenoxy) is 1. The van der Waals surface area contributed by atoms with Gasteiger partial charge in [0.2, 0.25) is 0 Å². The number of aryl methyl sites for hydroxylation is 1. The Morgan fingerprint density at radius 1 is 1.05 bits per heavy atom. The van der Waals surface area contributed by atoms with Crippen LogP contribution in [0, 0.1) is 12.8 Å². The van der Waals surface area contributed by atoms with Gasteiger partial charge in [0.15, 0.2) is 0 Å². The van der Waals surface area contributed by atoms with E-state index < -0.39 is 12.0 Å². The first kappa shape index (κ1) is 32.8. The number of amides is 1. The Hall–Kier alpha value is -1.36. The van der Waals surface area contributed by atoms with E-state index in [-0.39, 0.29) is 30.9 Å². The normalized spacial score (nSPS) is 15.3. The van der Waals surface area contributed by atoms with Crippen LogP contribution in [0.1, 0.15) is 66.4 Å². The molecule has 0 spiro atoms. The van der Waals surface area contributed by atoms with Gasteiger partial charge in [0.25, 0.3) is 5.91 Å². The van der Waals surface area contributed by atoms with E-state index in [2.05, 4.69) is 11.6 Å². The Morgan fingerprint density at radius 2 is 1.79 bits per heavy atom. The maximum atomic E-state index is 13.3. The third kappa shape index (κ3) is 9.99. The summed E-state index contributed by atoms with van der Waals surface area (Å²) in [7, 11) is 0. The van der Waals surface area contributed by atoms with Gasteiger partial charge in [-0.3, -0.25) is 4.79 Å². The van der Waals surface area contributed by atoms with Gasteiger partial charge in [0.1, 0.15) is 6.04 Å². The number of aliphatic carboxylic acids is 1. The quantitative estimate of drug-likeness (QED) is 0.274. The molecule has 38 heavy (non-hydrogen) atoms. The van der Waals surface area contributed by atoms with E-state index >= 15 is 0 Å². The zero-order chi connectivity index (χ0) is 26.6. The number of carboxylic acids is 1. The van der Waals surface area contributed by atoms with Gasteiger partial charge in [-0.05, 0) is 78.3 Å². The van der Waals surface area contributed by atoms with Gasteiger partial charge in [0.05, 0.1) is 12.7 Å². The predicted molar refractivity (Wildman–Crippen MR) is 164 cm³/mol. The van der Waals surface area contributed by atoms with E-state index in [0.29, 0.717) is 24.3 Å². The molecule has 1 fully saturated rings. The molecule has 2 N–H and O–H groups in total. The average Bonchev–Trinajstić information content (AvgIpc) is 2.90. The van der Waals surface area contributed by atoms with Crippen LogP contribution in [0.25, 0.3) is 11.1 Å². The summed E-state index contributed by atoms with van der Waals surface area (Å²) in [6.07, 6.45) is 12.4. The zero-order valence-corrected chi connectivity index (χ0v) is 24.0. The van der Waals surface area contributed by atoms with Crippen molar-refractivity contribution in [3.8, 4) is 11.1 Å². The molecule has 2 atom stereocenters. The molecule has 2 aromatic carbocycles. The second-order valence-electron chi connectivity index (χ2n) is 9.97. The summed E-state index contributed by atoms with van der Waals surface area (Å²) in [5.74, 6) is 1.03. The van der Waals surface area contributed by atoms with Crippen molar-refractivity contribution < 1.29 is 19.4 Å². The van der Waals surface area contributed by atoms with Crippen molar-refractivity contribution in [3.63, 3.8) is 0 Å². The predicted octanol–water partition coefficient (Wildman–Crippen LogP) is 6.17. The molecular weight excluding hydrogens is 509 g/mol. The van der Waals surface area contributed by atoms with Crippen molar-refractivity contribution in [1.29, 1.82) is 0 Å². The fraction of sp³-hybridized carbons (Fsp3) is 0.533. The van der Waals surface area contributed by atoms with E-state index in [9.17, 15) is 14.7 Å². The van der Waals surface area contributed by atoms with Gasteiger partial charge >= 0.3 is 24.8 Å². The van der Waals surface area contributed by atoms with Gasteiger partial charge in [-0.1, -0.05) is 62.4 Å². The molecule has 0 bridgehead atoms. The molecule has 5 nitrogen and oxygen atoms in total. The van der Waals surface area contributed by atoms with Crippen molar-refractivity contribution in [2.24, 2.45) is 5.92 Å². The van der Waals surface area contributed by atoms with E-state index in [1.165, 1.54) is 32.1 Å². The van der Waals surface area contributed by atoms with Gasteiger partial charge in [0, 0.05) is 11.3 Å². The first-order chi connectivity index (χ1) is 17.9. The van der Waals surface area contributed by atoms with Gasteiger partial charge in [-0.25, -0.2) is 4.79 Å². The Bertz CT molecular complexity index is 1030. The fourth-order valence-electron chi connectivity index (χ4n) is 5.08. The number of hydrogen-bond donors (Lipinski definition) is 2. The fourth-order valence-corrected chi connectivity index (χ4v) is 6.16. The first-order valence-corrected chi connectivity index (χ1v) is 16.0. The maximum absolute atomic E-state index is 13.3. The summed E-state index contributed by atoms with van der Waals surface area (Å²) >= 11 is 3.39. The molecule has 0 radical (unpaired) electrons. The monoisotopic (exact) mass is 551 g/mol. The molecule has 204 valence electrons. The number of hydrogen-bond acceptors (Lipinski definition) is 5. The van der Waals surface area contributed by atoms with Crippen LogP contribution in [0.2, 0.25) is 0 Å². The molecule has 0 heterocycles. The second kappa shape index (κ2) is 17.4. The van der Waals surface area contributed by atoms with Crippen LogP contribution in [0.4, 0.5) is 0 Å².